The summed E-state index contributed by atoms with van der Waals surface area (Å²) in [5.41, 5.74) is 6.78. The van der Waals surface area contributed by atoms with Gasteiger partial charge in [-0.25, -0.2) is 13.1 Å². The predicted octanol–water partition coefficient (Wildman–Crippen LogP) is 1.00. The molecule has 0 amide bonds. The van der Waals surface area contributed by atoms with Crippen LogP contribution in [-0.2, 0) is 15.8 Å². The molecule has 0 spiro atoms. The lowest BCUT2D eigenvalue weighted by molar-refractivity contribution is 0.579. The molecule has 1 heterocycles. The molecule has 0 aliphatic heterocycles. The van der Waals surface area contributed by atoms with Crippen LogP contribution >= 0.6 is 0 Å². The van der Waals surface area contributed by atoms with E-state index in [-0.39, 0.29) is 5.75 Å². The van der Waals surface area contributed by atoms with Crippen LogP contribution < -0.4 is 10.5 Å². The molecule has 2 rings (SSSR count). The smallest absolute Gasteiger partial charge is 0.215 e. The average Bonchev–Trinajstić information content (AvgIpc) is 2.39. The van der Waals surface area contributed by atoms with Gasteiger partial charge in [-0.05, 0) is 24.6 Å². The van der Waals surface area contributed by atoms with Crippen LogP contribution in [0.25, 0.3) is 10.9 Å². The third-order valence-electron chi connectivity index (χ3n) is 2.76. The topological polar surface area (TPSA) is 85.1 Å². The zero-order valence-corrected chi connectivity index (χ0v) is 11.4. The fourth-order valence-electron chi connectivity index (χ4n) is 1.87. The van der Waals surface area contributed by atoms with Crippen molar-refractivity contribution in [2.75, 3.05) is 13.1 Å². The first-order valence-electron chi connectivity index (χ1n) is 6.12. The fraction of sp³-hybridized carbons (Fsp3) is 0.308. The van der Waals surface area contributed by atoms with Gasteiger partial charge in [-0.1, -0.05) is 24.3 Å². The standard InChI is InChI=1S/C13H17N3O2S/c14-7-3-9-16-19(17,18)10-12-5-1-4-11-6-2-8-15-13(11)12/h1-2,4-6,8,16H,3,7,9-10,14H2. The average molecular weight is 279 g/mol. The lowest BCUT2D eigenvalue weighted by Crippen LogP contribution is -2.27. The first-order chi connectivity index (χ1) is 9.12. The highest BCUT2D eigenvalue weighted by atomic mass is 32.2. The van der Waals surface area contributed by atoms with Crippen LogP contribution in [0.3, 0.4) is 0 Å². The monoisotopic (exact) mass is 279 g/mol. The first-order valence-corrected chi connectivity index (χ1v) is 7.77. The maximum Gasteiger partial charge on any atom is 0.215 e. The Labute approximate surface area is 112 Å². The molecule has 0 aliphatic carbocycles. The van der Waals surface area contributed by atoms with Crippen molar-refractivity contribution >= 4 is 20.9 Å². The van der Waals surface area contributed by atoms with Gasteiger partial charge in [0.2, 0.25) is 10.0 Å². The van der Waals surface area contributed by atoms with Gasteiger partial charge in [-0.3, -0.25) is 4.98 Å². The summed E-state index contributed by atoms with van der Waals surface area (Å²) >= 11 is 0. The van der Waals surface area contributed by atoms with Gasteiger partial charge in [0, 0.05) is 18.1 Å². The number of pyridine rings is 1. The zero-order valence-electron chi connectivity index (χ0n) is 10.5. The molecule has 19 heavy (non-hydrogen) atoms. The van der Waals surface area contributed by atoms with Gasteiger partial charge >= 0.3 is 0 Å². The third kappa shape index (κ3) is 3.73. The SMILES string of the molecule is NCCCNS(=O)(=O)Cc1cccc2cccnc12. The number of fused-ring (bicyclic) bond motifs is 1. The van der Waals surface area contributed by atoms with Crippen LogP contribution in [0.15, 0.2) is 36.5 Å². The van der Waals surface area contributed by atoms with E-state index >= 15 is 0 Å². The number of sulfonamides is 1. The summed E-state index contributed by atoms with van der Waals surface area (Å²) < 4.78 is 26.4. The highest BCUT2D eigenvalue weighted by Gasteiger charge is 2.13. The molecular weight excluding hydrogens is 262 g/mol. The van der Waals surface area contributed by atoms with Crippen molar-refractivity contribution in [1.29, 1.82) is 0 Å². The quantitative estimate of drug-likeness (QED) is 0.773. The van der Waals surface area contributed by atoms with E-state index in [1.807, 2.05) is 24.3 Å². The van der Waals surface area contributed by atoms with E-state index in [1.54, 1.807) is 12.3 Å². The molecule has 102 valence electrons. The molecule has 1 aromatic carbocycles. The molecule has 5 nitrogen and oxygen atoms in total. The van der Waals surface area contributed by atoms with Gasteiger partial charge in [-0.2, -0.15) is 0 Å². The molecule has 0 radical (unpaired) electrons. The number of hydrogen-bond donors (Lipinski definition) is 2. The van der Waals surface area contributed by atoms with Crippen LogP contribution in [0.4, 0.5) is 0 Å². The number of hydrogen-bond acceptors (Lipinski definition) is 4. The van der Waals surface area contributed by atoms with Crippen molar-refractivity contribution in [2.45, 2.75) is 12.2 Å². The number of nitrogens with two attached hydrogens (primary N) is 1. The van der Waals surface area contributed by atoms with Gasteiger partial charge in [0.05, 0.1) is 11.3 Å². The minimum absolute atomic E-state index is 0.0636. The number of aromatic nitrogens is 1. The van der Waals surface area contributed by atoms with Crippen LogP contribution in [0, 0.1) is 0 Å². The minimum atomic E-state index is -3.34. The van der Waals surface area contributed by atoms with Gasteiger partial charge in [0.25, 0.3) is 0 Å². The van der Waals surface area contributed by atoms with E-state index in [9.17, 15) is 8.42 Å². The highest BCUT2D eigenvalue weighted by molar-refractivity contribution is 7.88. The molecule has 0 aliphatic rings. The van der Waals surface area contributed by atoms with Crippen molar-refractivity contribution in [2.24, 2.45) is 5.73 Å². The van der Waals surface area contributed by atoms with Crippen molar-refractivity contribution in [3.8, 4) is 0 Å². The summed E-state index contributed by atoms with van der Waals surface area (Å²) in [6.45, 7) is 0.843. The summed E-state index contributed by atoms with van der Waals surface area (Å²) in [4.78, 5) is 4.25. The Bertz CT molecular complexity index is 650. The summed E-state index contributed by atoms with van der Waals surface area (Å²) in [5, 5.41) is 0.942. The van der Waals surface area contributed by atoms with Crippen molar-refractivity contribution < 1.29 is 8.42 Å². The minimum Gasteiger partial charge on any atom is -0.330 e. The number of rotatable bonds is 6. The lowest BCUT2D eigenvalue weighted by atomic mass is 10.1. The zero-order chi connectivity index (χ0) is 13.7. The highest BCUT2D eigenvalue weighted by Crippen LogP contribution is 2.17. The maximum atomic E-state index is 11.9. The van der Waals surface area contributed by atoms with Crippen molar-refractivity contribution in [3.63, 3.8) is 0 Å². The summed E-state index contributed by atoms with van der Waals surface area (Å²) in [6.07, 6.45) is 2.30. The molecule has 2 aromatic rings. The Hall–Kier alpha value is -1.50. The molecule has 6 heteroatoms. The van der Waals surface area contributed by atoms with E-state index < -0.39 is 10.0 Å². The number of nitrogens with one attached hydrogen (secondary N) is 1. The van der Waals surface area contributed by atoms with Gasteiger partial charge in [-0.15, -0.1) is 0 Å². The number of benzene rings is 1. The summed E-state index contributed by atoms with van der Waals surface area (Å²) in [7, 11) is -3.34. The molecule has 0 fully saturated rings. The second-order valence-electron chi connectivity index (χ2n) is 4.29. The molecule has 0 atom stereocenters. The van der Waals surface area contributed by atoms with Crippen molar-refractivity contribution in [3.05, 3.63) is 42.1 Å². The first kappa shape index (κ1) is 13.9. The maximum absolute atomic E-state index is 11.9. The predicted molar refractivity (Wildman–Crippen MR) is 76.0 cm³/mol. The molecular formula is C13H17N3O2S. The van der Waals surface area contributed by atoms with Gasteiger partial charge < -0.3 is 5.73 Å². The summed E-state index contributed by atoms with van der Waals surface area (Å²) in [5.74, 6) is -0.0636. The van der Waals surface area contributed by atoms with Crippen LogP contribution in [0.1, 0.15) is 12.0 Å². The Morgan fingerprint density at radius 3 is 2.79 bits per heavy atom. The van der Waals surface area contributed by atoms with Gasteiger partial charge in [0.15, 0.2) is 0 Å². The van der Waals surface area contributed by atoms with Crippen LogP contribution in [-0.4, -0.2) is 26.5 Å². The van der Waals surface area contributed by atoms with E-state index in [0.29, 0.717) is 25.1 Å². The molecule has 1 aromatic heterocycles. The van der Waals surface area contributed by atoms with Gasteiger partial charge in [0.1, 0.15) is 0 Å². The normalized spacial score (nSPS) is 11.8. The largest absolute Gasteiger partial charge is 0.330 e. The molecule has 0 bridgehead atoms. The van der Waals surface area contributed by atoms with Crippen LogP contribution in [0.5, 0.6) is 0 Å². The Balaban J connectivity index is 2.21. The van der Waals surface area contributed by atoms with Crippen LogP contribution in [0.2, 0.25) is 0 Å². The molecule has 3 N–H and O–H groups in total. The van der Waals surface area contributed by atoms with E-state index in [0.717, 1.165) is 10.9 Å². The molecule has 0 saturated heterocycles. The Morgan fingerprint density at radius 2 is 2.00 bits per heavy atom. The van der Waals surface area contributed by atoms with E-state index in [1.165, 1.54) is 0 Å². The van der Waals surface area contributed by atoms with E-state index in [4.69, 9.17) is 5.73 Å². The second kappa shape index (κ2) is 6.10. The second-order valence-corrected chi connectivity index (χ2v) is 6.09. The van der Waals surface area contributed by atoms with E-state index in [2.05, 4.69) is 9.71 Å². The lowest BCUT2D eigenvalue weighted by Gasteiger charge is -2.08. The summed E-state index contributed by atoms with van der Waals surface area (Å²) in [6, 6.07) is 9.30. The van der Waals surface area contributed by atoms with Crippen molar-refractivity contribution in [1.82, 2.24) is 9.71 Å². The molecule has 0 saturated carbocycles. The number of para-hydroxylation sites is 1. The Kier molecular flexibility index (Phi) is 4.47. The molecule has 0 unspecified atom stereocenters. The fourth-order valence-corrected chi connectivity index (χ4v) is 3.07. The Morgan fingerprint density at radius 1 is 1.21 bits per heavy atom. The third-order valence-corrected chi connectivity index (χ3v) is 4.10. The number of nitrogens with zero attached hydrogens (tertiary/aromatic N) is 1.